The average molecular weight is 207 g/mol. The molecule has 0 aliphatic heterocycles. The number of aliphatic hydroxyl groups is 1. The van der Waals surface area contributed by atoms with Crippen molar-refractivity contribution in [3.63, 3.8) is 0 Å². The molecule has 1 unspecified atom stereocenters. The summed E-state index contributed by atoms with van der Waals surface area (Å²) in [4.78, 5) is 0. The second kappa shape index (κ2) is 7.62. The molecular formula is C9H21NO2S. The molecule has 0 saturated heterocycles. The molecule has 3 N–H and O–H groups in total. The van der Waals surface area contributed by atoms with Gasteiger partial charge in [-0.3, -0.25) is 0 Å². The summed E-state index contributed by atoms with van der Waals surface area (Å²) in [7, 11) is 1.71. The number of hydrogen-bond acceptors (Lipinski definition) is 4. The van der Waals surface area contributed by atoms with Crippen LogP contribution < -0.4 is 5.73 Å². The van der Waals surface area contributed by atoms with Crippen molar-refractivity contribution in [2.75, 3.05) is 31.8 Å². The third-order valence-corrected chi connectivity index (χ3v) is 2.86. The molecular weight excluding hydrogens is 186 g/mol. The van der Waals surface area contributed by atoms with Gasteiger partial charge in [-0.05, 0) is 25.5 Å². The first kappa shape index (κ1) is 13.2. The van der Waals surface area contributed by atoms with Crippen molar-refractivity contribution < 1.29 is 9.84 Å². The summed E-state index contributed by atoms with van der Waals surface area (Å²) in [5, 5.41) is 8.88. The van der Waals surface area contributed by atoms with E-state index in [0.717, 1.165) is 31.0 Å². The molecule has 0 aromatic rings. The fourth-order valence-electron chi connectivity index (χ4n) is 0.901. The topological polar surface area (TPSA) is 55.5 Å². The maximum absolute atomic E-state index is 8.88. The Morgan fingerprint density at radius 2 is 2.15 bits per heavy atom. The van der Waals surface area contributed by atoms with E-state index in [1.54, 1.807) is 7.11 Å². The molecule has 13 heavy (non-hydrogen) atoms. The Balaban J connectivity index is 3.16. The number of rotatable bonds is 8. The molecule has 1 atom stereocenters. The van der Waals surface area contributed by atoms with Gasteiger partial charge < -0.3 is 15.6 Å². The van der Waals surface area contributed by atoms with E-state index in [1.807, 2.05) is 18.7 Å². The lowest BCUT2D eigenvalue weighted by molar-refractivity contribution is 0.200. The molecule has 0 saturated carbocycles. The van der Waals surface area contributed by atoms with Gasteiger partial charge in [0.25, 0.3) is 0 Å². The van der Waals surface area contributed by atoms with Gasteiger partial charge in [0.05, 0.1) is 13.2 Å². The highest BCUT2D eigenvalue weighted by molar-refractivity contribution is 7.99. The van der Waals surface area contributed by atoms with E-state index in [4.69, 9.17) is 15.6 Å². The van der Waals surface area contributed by atoms with Crippen LogP contribution in [0.2, 0.25) is 0 Å². The fourth-order valence-corrected chi connectivity index (χ4v) is 1.74. The van der Waals surface area contributed by atoms with Crippen LogP contribution in [0.4, 0.5) is 0 Å². The van der Waals surface area contributed by atoms with Crippen LogP contribution in [0, 0.1) is 0 Å². The molecule has 0 heterocycles. The number of ether oxygens (including phenoxy) is 1. The van der Waals surface area contributed by atoms with Crippen molar-refractivity contribution in [2.24, 2.45) is 5.73 Å². The van der Waals surface area contributed by atoms with Crippen LogP contribution in [0.3, 0.4) is 0 Å². The van der Waals surface area contributed by atoms with Crippen molar-refractivity contribution in [1.29, 1.82) is 0 Å². The van der Waals surface area contributed by atoms with Crippen molar-refractivity contribution in [3.05, 3.63) is 0 Å². The van der Waals surface area contributed by atoms with Crippen molar-refractivity contribution in [3.8, 4) is 0 Å². The zero-order chi connectivity index (χ0) is 10.2. The highest BCUT2D eigenvalue weighted by atomic mass is 32.2. The van der Waals surface area contributed by atoms with Gasteiger partial charge in [-0.25, -0.2) is 0 Å². The molecule has 0 fully saturated rings. The van der Waals surface area contributed by atoms with E-state index >= 15 is 0 Å². The molecule has 80 valence electrons. The zero-order valence-corrected chi connectivity index (χ0v) is 9.40. The summed E-state index contributed by atoms with van der Waals surface area (Å²) in [6, 6.07) is 0. The first-order chi connectivity index (χ1) is 6.12. The molecule has 0 radical (unpaired) electrons. The van der Waals surface area contributed by atoms with E-state index in [9.17, 15) is 0 Å². The highest BCUT2D eigenvalue weighted by Crippen LogP contribution is 2.11. The second-order valence-electron chi connectivity index (χ2n) is 3.52. The number of aliphatic hydroxyl groups excluding tert-OH is 1. The third-order valence-electron chi connectivity index (χ3n) is 1.83. The Kier molecular flexibility index (Phi) is 7.75. The van der Waals surface area contributed by atoms with Gasteiger partial charge in [0.2, 0.25) is 0 Å². The molecule has 0 aromatic heterocycles. The minimum Gasteiger partial charge on any atom is -0.394 e. The first-order valence-corrected chi connectivity index (χ1v) is 5.74. The number of hydrogen-bond donors (Lipinski definition) is 2. The smallest absolute Gasteiger partial charge is 0.0608 e. The molecule has 0 spiro atoms. The quantitative estimate of drug-likeness (QED) is 0.580. The Morgan fingerprint density at radius 1 is 1.46 bits per heavy atom. The number of nitrogens with two attached hydrogens (primary N) is 1. The van der Waals surface area contributed by atoms with Crippen LogP contribution in [0.25, 0.3) is 0 Å². The van der Waals surface area contributed by atoms with Crippen LogP contribution >= 0.6 is 11.8 Å². The van der Waals surface area contributed by atoms with Crippen molar-refractivity contribution >= 4 is 11.8 Å². The number of thioether (sulfide) groups is 1. The molecule has 0 aliphatic carbocycles. The average Bonchev–Trinajstić information content (AvgIpc) is 2.11. The highest BCUT2D eigenvalue weighted by Gasteiger charge is 2.15. The van der Waals surface area contributed by atoms with E-state index in [1.165, 1.54) is 0 Å². The van der Waals surface area contributed by atoms with Crippen molar-refractivity contribution in [1.82, 2.24) is 0 Å². The standard InChI is InChI=1S/C9H21NO2S/c1-9(10,8-11)4-3-6-13-7-5-12-2/h11H,3-8,10H2,1-2H3. The van der Waals surface area contributed by atoms with Gasteiger partial charge >= 0.3 is 0 Å². The first-order valence-electron chi connectivity index (χ1n) is 4.59. The minimum atomic E-state index is -0.401. The molecule has 0 aliphatic rings. The predicted octanol–water partition coefficient (Wildman–Crippen LogP) is 0.856. The van der Waals surface area contributed by atoms with Crippen LogP contribution in [0.15, 0.2) is 0 Å². The molecule has 0 amide bonds. The van der Waals surface area contributed by atoms with Crippen LogP contribution in [-0.2, 0) is 4.74 Å². The summed E-state index contributed by atoms with van der Waals surface area (Å²) in [5.41, 5.74) is 5.37. The second-order valence-corrected chi connectivity index (χ2v) is 4.75. The Labute approximate surface area is 85.0 Å². The van der Waals surface area contributed by atoms with E-state index < -0.39 is 5.54 Å². The fraction of sp³-hybridized carbons (Fsp3) is 1.00. The lowest BCUT2D eigenvalue weighted by Crippen LogP contribution is -2.40. The van der Waals surface area contributed by atoms with E-state index in [-0.39, 0.29) is 6.61 Å². The molecule has 4 heteroatoms. The van der Waals surface area contributed by atoms with Crippen molar-refractivity contribution in [2.45, 2.75) is 25.3 Å². The molecule has 0 bridgehead atoms. The SMILES string of the molecule is COCCSCCCC(C)(N)CO. The van der Waals surface area contributed by atoms with Gasteiger partial charge in [-0.1, -0.05) is 0 Å². The Morgan fingerprint density at radius 3 is 2.69 bits per heavy atom. The van der Waals surface area contributed by atoms with Gasteiger partial charge in [0, 0.05) is 18.4 Å². The monoisotopic (exact) mass is 207 g/mol. The van der Waals surface area contributed by atoms with Crippen LogP contribution in [0.5, 0.6) is 0 Å². The maximum Gasteiger partial charge on any atom is 0.0608 e. The summed E-state index contributed by atoms with van der Waals surface area (Å²) >= 11 is 1.87. The van der Waals surface area contributed by atoms with Gasteiger partial charge in [-0.15, -0.1) is 0 Å². The minimum absolute atomic E-state index is 0.0652. The van der Waals surface area contributed by atoms with Gasteiger partial charge in [0.1, 0.15) is 0 Å². The third kappa shape index (κ3) is 8.56. The summed E-state index contributed by atoms with van der Waals surface area (Å²) in [6.07, 6.45) is 1.94. The maximum atomic E-state index is 8.88. The van der Waals surface area contributed by atoms with E-state index in [0.29, 0.717) is 0 Å². The van der Waals surface area contributed by atoms with E-state index in [2.05, 4.69) is 0 Å². The zero-order valence-electron chi connectivity index (χ0n) is 8.58. The van der Waals surface area contributed by atoms with Crippen LogP contribution in [0.1, 0.15) is 19.8 Å². The number of methoxy groups -OCH3 is 1. The van der Waals surface area contributed by atoms with Gasteiger partial charge in [-0.2, -0.15) is 11.8 Å². The Hall–Kier alpha value is 0.230. The lowest BCUT2D eigenvalue weighted by Gasteiger charge is -2.20. The van der Waals surface area contributed by atoms with Gasteiger partial charge in [0.15, 0.2) is 0 Å². The molecule has 0 rings (SSSR count). The molecule has 3 nitrogen and oxygen atoms in total. The molecule has 0 aromatic carbocycles. The van der Waals surface area contributed by atoms with Crippen LogP contribution in [-0.4, -0.2) is 42.5 Å². The summed E-state index contributed by atoms with van der Waals surface area (Å²) < 4.78 is 4.92. The lowest BCUT2D eigenvalue weighted by atomic mass is 9.99. The Bertz CT molecular complexity index is 120. The summed E-state index contributed by atoms with van der Waals surface area (Å²) in [6.45, 7) is 2.76. The predicted molar refractivity (Wildman–Crippen MR) is 58.1 cm³/mol. The largest absolute Gasteiger partial charge is 0.394 e. The summed E-state index contributed by atoms with van der Waals surface area (Å²) in [5.74, 6) is 2.13. The normalized spacial score (nSPS) is 15.7.